The van der Waals surface area contributed by atoms with Crippen molar-refractivity contribution in [3.05, 3.63) is 34.3 Å². The Labute approximate surface area is 95.8 Å². The van der Waals surface area contributed by atoms with Crippen molar-refractivity contribution >= 4 is 17.6 Å². The lowest BCUT2D eigenvalue weighted by molar-refractivity contribution is -0.142. The monoisotopic (exact) mass is 246 g/mol. The summed E-state index contributed by atoms with van der Waals surface area (Å²) in [4.78, 5) is 11.0. The van der Waals surface area contributed by atoms with Gasteiger partial charge >= 0.3 is 5.97 Å². The van der Waals surface area contributed by atoms with Crippen molar-refractivity contribution in [3.8, 4) is 0 Å². The molecule has 86 valence electrons. The molecule has 0 radical (unpaired) electrons. The van der Waals surface area contributed by atoms with E-state index >= 15 is 0 Å². The number of rotatable bonds is 2. The van der Waals surface area contributed by atoms with E-state index in [0.29, 0.717) is 5.56 Å². The van der Waals surface area contributed by atoms with Crippen LogP contribution in [0.25, 0.3) is 0 Å². The summed E-state index contributed by atoms with van der Waals surface area (Å²) in [5.41, 5.74) is -1.41. The second kappa shape index (κ2) is 3.17. The zero-order valence-corrected chi connectivity index (χ0v) is 9.18. The Morgan fingerprint density at radius 2 is 2.06 bits per heavy atom. The predicted octanol–water partition coefficient (Wildman–Crippen LogP) is 3.01. The molecule has 2 rings (SSSR count). The molecule has 1 fully saturated rings. The highest BCUT2D eigenvalue weighted by molar-refractivity contribution is 6.32. The van der Waals surface area contributed by atoms with Crippen LogP contribution in [0.1, 0.15) is 17.5 Å². The number of hydrogen-bond donors (Lipinski definition) is 1. The Morgan fingerprint density at radius 3 is 2.50 bits per heavy atom. The van der Waals surface area contributed by atoms with Crippen molar-refractivity contribution in [2.45, 2.75) is 24.7 Å². The molecule has 0 aliphatic heterocycles. The van der Waals surface area contributed by atoms with E-state index in [1.165, 1.54) is 12.1 Å². The first-order valence-electron chi connectivity index (χ1n) is 4.69. The van der Waals surface area contributed by atoms with E-state index in [2.05, 4.69) is 0 Å². The predicted molar refractivity (Wildman–Crippen MR) is 55.1 cm³/mol. The summed E-state index contributed by atoms with van der Waals surface area (Å²) in [6.07, 6.45) is -0.682. The van der Waals surface area contributed by atoms with Gasteiger partial charge in [0.05, 0.1) is 0 Å². The van der Waals surface area contributed by atoms with Gasteiger partial charge in [0.15, 0.2) is 5.41 Å². The molecular formula is C11H9ClF2O2. The molecule has 1 atom stereocenters. The Bertz CT molecular complexity index is 473. The average Bonchev–Trinajstić information content (AvgIpc) is 2.75. The molecule has 0 heterocycles. The minimum absolute atomic E-state index is 0.00617. The molecule has 0 amide bonds. The number of carboxylic acid groups (broad SMARTS) is 1. The largest absolute Gasteiger partial charge is 0.480 e. The summed E-state index contributed by atoms with van der Waals surface area (Å²) in [6.45, 7) is 1.70. The molecule has 1 saturated carbocycles. The van der Waals surface area contributed by atoms with Crippen LogP contribution in [-0.4, -0.2) is 17.0 Å². The molecule has 1 aromatic carbocycles. The Morgan fingerprint density at radius 1 is 1.50 bits per heavy atom. The van der Waals surface area contributed by atoms with Crippen molar-refractivity contribution in [1.29, 1.82) is 0 Å². The summed E-state index contributed by atoms with van der Waals surface area (Å²) in [7, 11) is 0. The van der Waals surface area contributed by atoms with Gasteiger partial charge in [0.2, 0.25) is 0 Å². The second-order valence-electron chi connectivity index (χ2n) is 4.08. The maximum absolute atomic E-state index is 13.3. The first-order chi connectivity index (χ1) is 7.31. The summed E-state index contributed by atoms with van der Waals surface area (Å²) in [5, 5.41) is 9.04. The van der Waals surface area contributed by atoms with E-state index in [4.69, 9.17) is 16.7 Å². The van der Waals surface area contributed by atoms with Gasteiger partial charge in [0, 0.05) is 11.4 Å². The number of carbonyl (C=O) groups is 1. The van der Waals surface area contributed by atoms with E-state index in [1.54, 1.807) is 13.0 Å². The highest BCUT2D eigenvalue weighted by Gasteiger charge is 2.77. The van der Waals surface area contributed by atoms with Crippen LogP contribution in [0.3, 0.4) is 0 Å². The third-order valence-corrected chi connectivity index (χ3v) is 3.26. The molecule has 0 spiro atoms. The number of aliphatic carboxylic acids is 1. The maximum atomic E-state index is 13.3. The van der Waals surface area contributed by atoms with Gasteiger partial charge in [-0.3, -0.25) is 4.79 Å². The normalized spacial score (nSPS) is 26.5. The smallest absolute Gasteiger partial charge is 0.320 e. The molecule has 0 bridgehead atoms. The summed E-state index contributed by atoms with van der Waals surface area (Å²) in [6, 6.07) is 4.52. The van der Waals surface area contributed by atoms with E-state index in [0.717, 1.165) is 0 Å². The van der Waals surface area contributed by atoms with Gasteiger partial charge in [-0.25, -0.2) is 8.78 Å². The molecule has 1 unspecified atom stereocenters. The molecule has 2 nitrogen and oxygen atoms in total. The minimum atomic E-state index is -3.21. The lowest BCUT2D eigenvalue weighted by Crippen LogP contribution is -2.27. The van der Waals surface area contributed by atoms with Gasteiger partial charge in [0.25, 0.3) is 5.92 Å². The summed E-state index contributed by atoms with van der Waals surface area (Å²) < 4.78 is 26.5. The van der Waals surface area contributed by atoms with Crippen LogP contribution in [-0.2, 0) is 10.2 Å². The van der Waals surface area contributed by atoms with Crippen molar-refractivity contribution in [3.63, 3.8) is 0 Å². The first-order valence-corrected chi connectivity index (χ1v) is 5.07. The van der Waals surface area contributed by atoms with Gasteiger partial charge in [-0.2, -0.15) is 0 Å². The van der Waals surface area contributed by atoms with Crippen molar-refractivity contribution < 1.29 is 18.7 Å². The molecule has 5 heteroatoms. The Balaban J connectivity index is 2.59. The fraction of sp³-hybridized carbons (Fsp3) is 0.364. The molecular weight excluding hydrogens is 238 g/mol. The third kappa shape index (κ3) is 1.33. The van der Waals surface area contributed by atoms with E-state index in [9.17, 15) is 13.6 Å². The molecule has 0 aromatic heterocycles. The van der Waals surface area contributed by atoms with Crippen LogP contribution in [0.15, 0.2) is 18.2 Å². The van der Waals surface area contributed by atoms with Crippen LogP contribution >= 0.6 is 11.6 Å². The molecule has 1 aliphatic carbocycles. The highest BCUT2D eigenvalue weighted by Crippen LogP contribution is 2.62. The minimum Gasteiger partial charge on any atom is -0.480 e. The van der Waals surface area contributed by atoms with Crippen molar-refractivity contribution in [2.75, 3.05) is 0 Å². The zero-order valence-electron chi connectivity index (χ0n) is 8.43. The van der Waals surface area contributed by atoms with Gasteiger partial charge < -0.3 is 5.11 Å². The second-order valence-corrected chi connectivity index (χ2v) is 4.48. The maximum Gasteiger partial charge on any atom is 0.320 e. The number of aryl methyl sites for hydroxylation is 1. The average molecular weight is 247 g/mol. The number of alkyl halides is 2. The van der Waals surface area contributed by atoms with Crippen LogP contribution in [0.5, 0.6) is 0 Å². The Kier molecular flexibility index (Phi) is 2.24. The van der Waals surface area contributed by atoms with Gasteiger partial charge in [-0.15, -0.1) is 0 Å². The van der Waals surface area contributed by atoms with Gasteiger partial charge in [0.1, 0.15) is 0 Å². The standard InChI is InChI=1S/C11H9ClF2O2/c1-6-2-3-8(12)7(4-6)10(9(15)16)5-11(10,13)14/h2-4H,5H2,1H3,(H,15,16). The number of carboxylic acids is 1. The topological polar surface area (TPSA) is 37.3 Å². The van der Waals surface area contributed by atoms with Crippen LogP contribution < -0.4 is 0 Å². The fourth-order valence-corrected chi connectivity index (χ4v) is 2.17. The molecule has 1 aliphatic rings. The highest BCUT2D eigenvalue weighted by atomic mass is 35.5. The summed E-state index contributed by atoms with van der Waals surface area (Å²) in [5.74, 6) is -4.74. The Hall–Kier alpha value is -1.16. The SMILES string of the molecule is Cc1ccc(Cl)c(C2(C(=O)O)CC2(F)F)c1. The molecule has 16 heavy (non-hydrogen) atoms. The fourth-order valence-electron chi connectivity index (χ4n) is 1.89. The zero-order chi connectivity index (χ0) is 12.1. The summed E-state index contributed by atoms with van der Waals surface area (Å²) >= 11 is 5.80. The van der Waals surface area contributed by atoms with E-state index < -0.39 is 23.7 Å². The van der Waals surface area contributed by atoms with Crippen LogP contribution in [0, 0.1) is 6.92 Å². The van der Waals surface area contributed by atoms with Crippen LogP contribution in [0.4, 0.5) is 8.78 Å². The lowest BCUT2D eigenvalue weighted by Gasteiger charge is -2.14. The first kappa shape index (κ1) is 11.3. The van der Waals surface area contributed by atoms with Crippen LogP contribution in [0.2, 0.25) is 5.02 Å². The molecule has 1 aromatic rings. The molecule has 0 saturated heterocycles. The van der Waals surface area contributed by atoms with Crippen molar-refractivity contribution in [1.82, 2.24) is 0 Å². The molecule has 1 N–H and O–H groups in total. The quantitative estimate of drug-likeness (QED) is 0.871. The lowest BCUT2D eigenvalue weighted by atomic mass is 9.94. The van der Waals surface area contributed by atoms with Gasteiger partial charge in [-0.1, -0.05) is 29.3 Å². The number of benzene rings is 1. The third-order valence-electron chi connectivity index (χ3n) is 2.93. The van der Waals surface area contributed by atoms with E-state index in [1.807, 2.05) is 0 Å². The van der Waals surface area contributed by atoms with E-state index in [-0.39, 0.29) is 10.6 Å². The van der Waals surface area contributed by atoms with Gasteiger partial charge in [-0.05, 0) is 18.6 Å². The number of halogens is 3. The number of hydrogen-bond acceptors (Lipinski definition) is 1. The van der Waals surface area contributed by atoms with Crippen molar-refractivity contribution in [2.24, 2.45) is 0 Å².